The molecule has 0 aliphatic heterocycles. The minimum absolute atomic E-state index is 0.104. The number of unbranched alkanes of at least 4 members (excludes halogenated alkanes) is 1. The monoisotopic (exact) mass is 352 g/mol. The van der Waals surface area contributed by atoms with Gasteiger partial charge >= 0.3 is 17.6 Å². The zero-order valence-electron chi connectivity index (χ0n) is 14.4. The van der Waals surface area contributed by atoms with Crippen LogP contribution in [0.3, 0.4) is 0 Å². The quantitative estimate of drug-likeness (QED) is 0.479. The van der Waals surface area contributed by atoms with Crippen LogP contribution in [-0.2, 0) is 39.7 Å². The highest BCUT2D eigenvalue weighted by Crippen LogP contribution is 2.05. The van der Waals surface area contributed by atoms with E-state index in [-0.39, 0.29) is 24.3 Å². The first kappa shape index (κ1) is 18.4. The van der Waals surface area contributed by atoms with Crippen molar-refractivity contribution in [2.45, 2.75) is 26.3 Å². The molecule has 0 spiro atoms. The van der Waals surface area contributed by atoms with Gasteiger partial charge in [0.2, 0.25) is 0 Å². The van der Waals surface area contributed by atoms with E-state index in [1.54, 1.807) is 0 Å². The van der Waals surface area contributed by atoms with Gasteiger partial charge in [0.15, 0.2) is 17.8 Å². The average molecular weight is 352 g/mol. The third-order valence-corrected chi connectivity index (χ3v) is 3.63. The number of imidazole rings is 1. The maximum Gasteiger partial charge on any atom is 0.344 e. The van der Waals surface area contributed by atoms with Gasteiger partial charge in [0.1, 0.15) is 6.54 Å². The summed E-state index contributed by atoms with van der Waals surface area (Å²) in [7, 11) is 2.82. The fourth-order valence-corrected chi connectivity index (χ4v) is 2.21. The molecule has 2 rings (SSSR count). The van der Waals surface area contributed by atoms with Crippen molar-refractivity contribution in [1.82, 2.24) is 18.7 Å². The number of fused-ring (bicyclic) bond motifs is 1. The number of aromatic nitrogens is 4. The molecular formula is C15H20N4O6. The van der Waals surface area contributed by atoms with Crippen LogP contribution < -0.4 is 11.2 Å². The Morgan fingerprint density at radius 1 is 1.12 bits per heavy atom. The molecule has 0 atom stereocenters. The van der Waals surface area contributed by atoms with E-state index in [0.29, 0.717) is 0 Å². The molecule has 0 aliphatic rings. The number of ether oxygens (including phenoxy) is 2. The molecule has 0 unspecified atom stereocenters. The highest BCUT2D eigenvalue weighted by molar-refractivity contribution is 5.78. The molecule has 136 valence electrons. The van der Waals surface area contributed by atoms with Crippen LogP contribution in [0.2, 0.25) is 0 Å². The fraction of sp³-hybridized carbons (Fsp3) is 0.533. The fourth-order valence-electron chi connectivity index (χ4n) is 2.21. The van der Waals surface area contributed by atoms with Crippen molar-refractivity contribution in [2.75, 3.05) is 13.2 Å². The van der Waals surface area contributed by atoms with Crippen LogP contribution in [0.25, 0.3) is 11.2 Å². The normalized spacial score (nSPS) is 10.8. The summed E-state index contributed by atoms with van der Waals surface area (Å²) in [5.41, 5.74) is -0.811. The second kappa shape index (κ2) is 7.77. The average Bonchev–Trinajstić information content (AvgIpc) is 3.00. The van der Waals surface area contributed by atoms with E-state index in [1.807, 2.05) is 6.92 Å². The van der Waals surface area contributed by atoms with Gasteiger partial charge in [-0.2, -0.15) is 0 Å². The molecule has 0 aliphatic carbocycles. The molecule has 10 heteroatoms. The van der Waals surface area contributed by atoms with Crippen molar-refractivity contribution < 1.29 is 19.1 Å². The van der Waals surface area contributed by atoms with Crippen molar-refractivity contribution in [2.24, 2.45) is 14.1 Å². The zero-order chi connectivity index (χ0) is 18.6. The lowest BCUT2D eigenvalue weighted by atomic mass is 10.4. The molecule has 2 heterocycles. The first-order valence-corrected chi connectivity index (χ1v) is 7.79. The van der Waals surface area contributed by atoms with Crippen molar-refractivity contribution in [3.8, 4) is 0 Å². The SMILES string of the molecule is CCCCOC(=O)COC(=O)Cn1cnc2c1c(=O)n(C)c(=O)n2C. The predicted molar refractivity (Wildman–Crippen MR) is 87.0 cm³/mol. The van der Waals surface area contributed by atoms with Gasteiger partial charge in [-0.1, -0.05) is 13.3 Å². The van der Waals surface area contributed by atoms with Gasteiger partial charge in [-0.15, -0.1) is 0 Å². The van der Waals surface area contributed by atoms with Gasteiger partial charge in [0.05, 0.1) is 12.9 Å². The zero-order valence-corrected chi connectivity index (χ0v) is 14.4. The van der Waals surface area contributed by atoms with E-state index >= 15 is 0 Å². The Kier molecular flexibility index (Phi) is 5.73. The van der Waals surface area contributed by atoms with E-state index in [4.69, 9.17) is 9.47 Å². The molecule has 10 nitrogen and oxygen atoms in total. The molecule has 25 heavy (non-hydrogen) atoms. The summed E-state index contributed by atoms with van der Waals surface area (Å²) >= 11 is 0. The Hall–Kier alpha value is -2.91. The number of hydrogen-bond donors (Lipinski definition) is 0. The largest absolute Gasteiger partial charge is 0.463 e. The molecular weight excluding hydrogens is 332 g/mol. The van der Waals surface area contributed by atoms with Gasteiger partial charge in [-0.25, -0.2) is 14.6 Å². The van der Waals surface area contributed by atoms with E-state index in [2.05, 4.69) is 4.98 Å². The lowest BCUT2D eigenvalue weighted by Crippen LogP contribution is -2.37. The van der Waals surface area contributed by atoms with Crippen molar-refractivity contribution in [1.29, 1.82) is 0 Å². The molecule has 0 aromatic carbocycles. The van der Waals surface area contributed by atoms with Crippen LogP contribution in [-0.4, -0.2) is 43.8 Å². The van der Waals surface area contributed by atoms with Crippen molar-refractivity contribution in [3.63, 3.8) is 0 Å². The summed E-state index contributed by atoms with van der Waals surface area (Å²) in [4.78, 5) is 51.4. The summed E-state index contributed by atoms with van der Waals surface area (Å²) in [5.74, 6) is -1.35. The van der Waals surface area contributed by atoms with Crippen LogP contribution in [0.5, 0.6) is 0 Å². The Bertz CT molecular complexity index is 907. The van der Waals surface area contributed by atoms with Crippen LogP contribution in [0.15, 0.2) is 15.9 Å². The third kappa shape index (κ3) is 3.95. The number of nitrogens with zero attached hydrogens (tertiary/aromatic N) is 4. The molecule has 2 aromatic heterocycles. The number of rotatable bonds is 7. The first-order valence-electron chi connectivity index (χ1n) is 7.79. The summed E-state index contributed by atoms with van der Waals surface area (Å²) < 4.78 is 13.1. The van der Waals surface area contributed by atoms with Gasteiger partial charge in [0, 0.05) is 14.1 Å². The predicted octanol–water partition coefficient (Wildman–Crippen LogP) is -0.680. The van der Waals surface area contributed by atoms with Gasteiger partial charge < -0.3 is 14.0 Å². The topological polar surface area (TPSA) is 114 Å². The summed E-state index contributed by atoms with van der Waals surface area (Å²) in [6.07, 6.45) is 2.90. The second-order valence-electron chi connectivity index (χ2n) is 5.49. The number of esters is 2. The maximum absolute atomic E-state index is 12.2. The molecule has 0 radical (unpaired) electrons. The maximum atomic E-state index is 12.2. The van der Waals surface area contributed by atoms with E-state index in [1.165, 1.54) is 29.6 Å². The molecule has 0 saturated heterocycles. The van der Waals surface area contributed by atoms with Gasteiger partial charge in [-0.05, 0) is 6.42 Å². The lowest BCUT2D eigenvalue weighted by molar-refractivity contribution is -0.159. The van der Waals surface area contributed by atoms with Crippen molar-refractivity contribution >= 4 is 23.1 Å². The summed E-state index contributed by atoms with van der Waals surface area (Å²) in [6, 6.07) is 0. The second-order valence-corrected chi connectivity index (χ2v) is 5.49. The Morgan fingerprint density at radius 2 is 1.84 bits per heavy atom. The smallest absolute Gasteiger partial charge is 0.344 e. The Labute approximate surface area is 142 Å². The highest BCUT2D eigenvalue weighted by Gasteiger charge is 2.17. The van der Waals surface area contributed by atoms with E-state index in [0.717, 1.165) is 17.4 Å². The standard InChI is InChI=1S/C15H20N4O6/c1-4-5-6-24-11(21)8-25-10(20)7-19-9-16-13-12(19)14(22)18(3)15(23)17(13)2/h9H,4-8H2,1-3H3. The lowest BCUT2D eigenvalue weighted by Gasteiger charge is -2.07. The molecule has 0 fully saturated rings. The number of carbonyl (C=O) groups excluding carboxylic acids is 2. The van der Waals surface area contributed by atoms with Gasteiger partial charge in [0.25, 0.3) is 5.56 Å². The summed E-state index contributed by atoms with van der Waals surface area (Å²) in [6.45, 7) is 1.43. The Morgan fingerprint density at radius 3 is 2.52 bits per heavy atom. The first-order chi connectivity index (χ1) is 11.9. The van der Waals surface area contributed by atoms with Crippen LogP contribution in [0.4, 0.5) is 0 Å². The van der Waals surface area contributed by atoms with E-state index in [9.17, 15) is 19.2 Å². The summed E-state index contributed by atoms with van der Waals surface area (Å²) in [5, 5.41) is 0. The molecule has 0 saturated carbocycles. The number of hydrogen-bond acceptors (Lipinski definition) is 7. The molecule has 0 N–H and O–H groups in total. The third-order valence-electron chi connectivity index (χ3n) is 3.63. The molecule has 2 aromatic rings. The van der Waals surface area contributed by atoms with Gasteiger partial charge in [-0.3, -0.25) is 18.7 Å². The minimum Gasteiger partial charge on any atom is -0.463 e. The Balaban J connectivity index is 2.08. The molecule has 0 bridgehead atoms. The highest BCUT2D eigenvalue weighted by atomic mass is 16.6. The number of carbonyl (C=O) groups is 2. The number of aryl methyl sites for hydroxylation is 1. The van der Waals surface area contributed by atoms with E-state index < -0.39 is 29.8 Å². The van der Waals surface area contributed by atoms with Crippen LogP contribution >= 0.6 is 0 Å². The van der Waals surface area contributed by atoms with Crippen LogP contribution in [0, 0.1) is 0 Å². The van der Waals surface area contributed by atoms with Crippen LogP contribution in [0.1, 0.15) is 19.8 Å². The van der Waals surface area contributed by atoms with Crippen molar-refractivity contribution in [3.05, 3.63) is 27.2 Å². The minimum atomic E-state index is -0.720. The molecule has 0 amide bonds.